The Labute approximate surface area is 132 Å². The van der Waals surface area contributed by atoms with Gasteiger partial charge >= 0.3 is 0 Å². The Bertz CT molecular complexity index is 647. The van der Waals surface area contributed by atoms with Gasteiger partial charge in [0, 0.05) is 36.6 Å². The Hall–Kier alpha value is -1.58. The topological polar surface area (TPSA) is 24.5 Å². The van der Waals surface area contributed by atoms with Crippen LogP contribution in [0.5, 0.6) is 5.75 Å². The Kier molecular flexibility index (Phi) is 4.00. The SMILES string of the molecule is c1ccc2c3c(ccc2c1)C(N1CCCNCC1)CCCO3. The quantitative estimate of drug-likeness (QED) is 0.873. The number of benzene rings is 2. The summed E-state index contributed by atoms with van der Waals surface area (Å²) < 4.78 is 6.17. The normalized spacial score (nSPS) is 23.4. The van der Waals surface area contributed by atoms with Crippen LogP contribution in [0.15, 0.2) is 36.4 Å². The maximum absolute atomic E-state index is 6.17. The molecule has 1 unspecified atom stereocenters. The minimum Gasteiger partial charge on any atom is -0.493 e. The van der Waals surface area contributed by atoms with Crippen molar-refractivity contribution >= 4 is 10.8 Å². The van der Waals surface area contributed by atoms with E-state index in [0.717, 1.165) is 38.4 Å². The number of rotatable bonds is 1. The average Bonchev–Trinajstić information content (AvgIpc) is 2.95. The van der Waals surface area contributed by atoms with E-state index in [1.807, 2.05) is 0 Å². The molecule has 0 saturated carbocycles. The van der Waals surface area contributed by atoms with E-state index in [2.05, 4.69) is 46.6 Å². The van der Waals surface area contributed by atoms with Crippen molar-refractivity contribution in [3.05, 3.63) is 42.0 Å². The highest BCUT2D eigenvalue weighted by molar-refractivity contribution is 5.89. The number of nitrogens with zero attached hydrogens (tertiary/aromatic N) is 1. The molecule has 3 heteroatoms. The van der Waals surface area contributed by atoms with E-state index in [0.29, 0.717) is 6.04 Å². The fourth-order valence-corrected chi connectivity index (χ4v) is 3.85. The Balaban J connectivity index is 1.77. The van der Waals surface area contributed by atoms with Crippen molar-refractivity contribution in [2.75, 3.05) is 32.8 Å². The van der Waals surface area contributed by atoms with E-state index in [-0.39, 0.29) is 0 Å². The molecule has 1 fully saturated rings. The monoisotopic (exact) mass is 296 g/mol. The van der Waals surface area contributed by atoms with Gasteiger partial charge in [0.25, 0.3) is 0 Å². The first-order valence-electron chi connectivity index (χ1n) is 8.53. The standard InChI is InChI=1S/C19H24N2O/c1-2-6-16-15(5-1)8-9-17-18(7-3-14-22-19(16)17)21-12-4-10-20-11-13-21/h1-2,5-6,8-9,18,20H,3-4,7,10-14H2. The summed E-state index contributed by atoms with van der Waals surface area (Å²) in [6.45, 7) is 5.40. The van der Waals surface area contributed by atoms with Crippen molar-refractivity contribution in [2.45, 2.75) is 25.3 Å². The van der Waals surface area contributed by atoms with Crippen molar-refractivity contribution < 1.29 is 4.74 Å². The van der Waals surface area contributed by atoms with Crippen LogP contribution in [-0.4, -0.2) is 37.7 Å². The zero-order chi connectivity index (χ0) is 14.8. The average molecular weight is 296 g/mol. The molecule has 2 heterocycles. The van der Waals surface area contributed by atoms with Gasteiger partial charge in [-0.3, -0.25) is 4.90 Å². The van der Waals surface area contributed by atoms with Gasteiger partial charge in [-0.25, -0.2) is 0 Å². The van der Waals surface area contributed by atoms with Gasteiger partial charge in [0.05, 0.1) is 6.61 Å². The van der Waals surface area contributed by atoms with Crippen LogP contribution >= 0.6 is 0 Å². The molecule has 0 amide bonds. The molecule has 116 valence electrons. The number of hydrogen-bond donors (Lipinski definition) is 1. The molecule has 2 aromatic carbocycles. The lowest BCUT2D eigenvalue weighted by Gasteiger charge is -2.30. The van der Waals surface area contributed by atoms with Crippen LogP contribution in [0.25, 0.3) is 10.8 Å². The largest absolute Gasteiger partial charge is 0.493 e. The molecule has 2 aliphatic heterocycles. The summed E-state index contributed by atoms with van der Waals surface area (Å²) >= 11 is 0. The van der Waals surface area contributed by atoms with E-state index in [1.54, 1.807) is 0 Å². The third-order valence-corrected chi connectivity index (χ3v) is 4.95. The predicted molar refractivity (Wildman–Crippen MR) is 90.5 cm³/mol. The maximum Gasteiger partial charge on any atom is 0.131 e. The fraction of sp³-hybridized carbons (Fsp3) is 0.474. The van der Waals surface area contributed by atoms with Crippen LogP contribution in [-0.2, 0) is 0 Å². The minimum atomic E-state index is 0.502. The molecule has 1 saturated heterocycles. The number of ether oxygens (including phenoxy) is 1. The first-order valence-corrected chi connectivity index (χ1v) is 8.53. The van der Waals surface area contributed by atoms with Crippen LogP contribution in [0.4, 0.5) is 0 Å². The maximum atomic E-state index is 6.17. The smallest absolute Gasteiger partial charge is 0.131 e. The lowest BCUT2D eigenvalue weighted by atomic mass is 9.96. The van der Waals surface area contributed by atoms with Crippen LogP contribution in [0.1, 0.15) is 30.9 Å². The summed E-state index contributed by atoms with van der Waals surface area (Å²) in [6.07, 6.45) is 3.57. The fourth-order valence-electron chi connectivity index (χ4n) is 3.85. The summed E-state index contributed by atoms with van der Waals surface area (Å²) in [6, 6.07) is 13.6. The summed E-state index contributed by atoms with van der Waals surface area (Å²) in [5.41, 5.74) is 1.39. The molecule has 3 nitrogen and oxygen atoms in total. The van der Waals surface area contributed by atoms with Gasteiger partial charge in [0.1, 0.15) is 5.75 Å². The Morgan fingerprint density at radius 2 is 1.95 bits per heavy atom. The van der Waals surface area contributed by atoms with Gasteiger partial charge in [-0.1, -0.05) is 36.4 Å². The number of nitrogens with one attached hydrogen (secondary N) is 1. The van der Waals surface area contributed by atoms with E-state index in [4.69, 9.17) is 4.74 Å². The van der Waals surface area contributed by atoms with E-state index >= 15 is 0 Å². The Morgan fingerprint density at radius 1 is 1.00 bits per heavy atom. The van der Waals surface area contributed by atoms with Crippen molar-refractivity contribution in [1.29, 1.82) is 0 Å². The van der Waals surface area contributed by atoms with Crippen molar-refractivity contribution in [2.24, 2.45) is 0 Å². The van der Waals surface area contributed by atoms with Gasteiger partial charge in [-0.15, -0.1) is 0 Å². The first kappa shape index (κ1) is 14.0. The molecule has 2 aromatic rings. The zero-order valence-corrected chi connectivity index (χ0v) is 13.1. The molecule has 4 rings (SSSR count). The van der Waals surface area contributed by atoms with Gasteiger partial charge in [-0.2, -0.15) is 0 Å². The van der Waals surface area contributed by atoms with Crippen molar-refractivity contribution in [3.63, 3.8) is 0 Å². The van der Waals surface area contributed by atoms with E-state index < -0.39 is 0 Å². The van der Waals surface area contributed by atoms with Gasteiger partial charge in [0.15, 0.2) is 0 Å². The second kappa shape index (κ2) is 6.27. The lowest BCUT2D eigenvalue weighted by molar-refractivity contribution is 0.199. The molecule has 1 atom stereocenters. The van der Waals surface area contributed by atoms with Crippen molar-refractivity contribution in [1.82, 2.24) is 10.2 Å². The predicted octanol–water partition coefficient (Wildman–Crippen LogP) is 3.35. The first-order chi connectivity index (χ1) is 10.9. The highest BCUT2D eigenvalue weighted by Gasteiger charge is 2.27. The van der Waals surface area contributed by atoms with Gasteiger partial charge in [0.2, 0.25) is 0 Å². The highest BCUT2D eigenvalue weighted by Crippen LogP contribution is 2.40. The third-order valence-electron chi connectivity index (χ3n) is 4.95. The number of fused-ring (bicyclic) bond motifs is 3. The molecule has 0 radical (unpaired) electrons. The van der Waals surface area contributed by atoms with Crippen LogP contribution in [0.2, 0.25) is 0 Å². The molecule has 0 spiro atoms. The van der Waals surface area contributed by atoms with Crippen LogP contribution in [0, 0.1) is 0 Å². The summed E-state index contributed by atoms with van der Waals surface area (Å²) in [5, 5.41) is 6.05. The molecular weight excluding hydrogens is 272 g/mol. The summed E-state index contributed by atoms with van der Waals surface area (Å²) in [5.74, 6) is 1.12. The van der Waals surface area contributed by atoms with Crippen molar-refractivity contribution in [3.8, 4) is 5.75 Å². The lowest BCUT2D eigenvalue weighted by Crippen LogP contribution is -2.32. The van der Waals surface area contributed by atoms with Crippen LogP contribution in [0.3, 0.4) is 0 Å². The third kappa shape index (κ3) is 2.59. The molecule has 0 aromatic heterocycles. The van der Waals surface area contributed by atoms with Gasteiger partial charge in [-0.05, 0) is 31.2 Å². The molecule has 0 bridgehead atoms. The molecule has 0 aliphatic carbocycles. The Morgan fingerprint density at radius 3 is 2.95 bits per heavy atom. The van der Waals surface area contributed by atoms with E-state index in [1.165, 1.54) is 35.7 Å². The highest BCUT2D eigenvalue weighted by atomic mass is 16.5. The molecule has 1 N–H and O–H groups in total. The molecular formula is C19H24N2O. The number of hydrogen-bond acceptors (Lipinski definition) is 3. The van der Waals surface area contributed by atoms with Gasteiger partial charge < -0.3 is 10.1 Å². The van der Waals surface area contributed by atoms with E-state index in [9.17, 15) is 0 Å². The molecule has 22 heavy (non-hydrogen) atoms. The zero-order valence-electron chi connectivity index (χ0n) is 13.1. The second-order valence-corrected chi connectivity index (χ2v) is 6.35. The van der Waals surface area contributed by atoms with Crippen LogP contribution < -0.4 is 10.1 Å². The summed E-state index contributed by atoms with van der Waals surface area (Å²) in [4.78, 5) is 2.66. The summed E-state index contributed by atoms with van der Waals surface area (Å²) in [7, 11) is 0. The molecule has 2 aliphatic rings. The second-order valence-electron chi connectivity index (χ2n) is 6.35. The minimum absolute atomic E-state index is 0.502.